The first-order valence-electron chi connectivity index (χ1n) is 7.66. The van der Waals surface area contributed by atoms with Crippen LogP contribution in [-0.2, 0) is 9.53 Å². The largest absolute Gasteiger partial charge is 0.465 e. The smallest absolute Gasteiger partial charge is 0.314 e. The average molecular weight is 335 g/mol. The maximum atomic E-state index is 12.1. The van der Waals surface area contributed by atoms with Gasteiger partial charge >= 0.3 is 5.97 Å². The molecule has 0 aliphatic carbocycles. The van der Waals surface area contributed by atoms with Crippen LogP contribution in [0.15, 0.2) is 29.4 Å². The number of nitrogens with zero attached hydrogens (tertiary/aromatic N) is 2. The third-order valence-electron chi connectivity index (χ3n) is 3.33. The highest BCUT2D eigenvalue weighted by Gasteiger charge is 2.23. The van der Waals surface area contributed by atoms with Crippen molar-refractivity contribution in [1.82, 2.24) is 5.43 Å². The molecule has 1 aromatic rings. The molecule has 0 radical (unpaired) electrons. The molecule has 0 bridgehead atoms. The molecule has 0 heterocycles. The summed E-state index contributed by atoms with van der Waals surface area (Å²) in [5, 5.41) is 14.9. The minimum Gasteiger partial charge on any atom is -0.465 e. The number of carbonyl (C=O) groups excluding carboxylic acids is 2. The van der Waals surface area contributed by atoms with Gasteiger partial charge in [-0.1, -0.05) is 25.5 Å². The Labute approximate surface area is 140 Å². The topological polar surface area (TPSA) is 111 Å². The maximum Gasteiger partial charge on any atom is 0.314 e. The number of rotatable bonds is 8. The lowest BCUT2D eigenvalue weighted by Crippen LogP contribution is -2.28. The molecule has 0 aliphatic heterocycles. The van der Waals surface area contributed by atoms with Gasteiger partial charge in [-0.2, -0.15) is 5.10 Å². The van der Waals surface area contributed by atoms with Gasteiger partial charge in [0.05, 0.1) is 17.4 Å². The zero-order valence-corrected chi connectivity index (χ0v) is 13.9. The van der Waals surface area contributed by atoms with E-state index in [2.05, 4.69) is 10.5 Å². The summed E-state index contributed by atoms with van der Waals surface area (Å²) in [7, 11) is 0. The molecule has 1 amide bonds. The van der Waals surface area contributed by atoms with Crippen LogP contribution < -0.4 is 5.43 Å². The van der Waals surface area contributed by atoms with Gasteiger partial charge in [-0.05, 0) is 26.3 Å². The molecule has 0 fully saturated rings. The van der Waals surface area contributed by atoms with Crippen molar-refractivity contribution in [2.75, 3.05) is 6.61 Å². The number of para-hydroxylation sites is 1. The number of amides is 1. The van der Waals surface area contributed by atoms with E-state index in [0.29, 0.717) is 12.1 Å². The Kier molecular flexibility index (Phi) is 7.54. The van der Waals surface area contributed by atoms with E-state index in [1.54, 1.807) is 13.8 Å². The van der Waals surface area contributed by atoms with E-state index in [0.717, 1.165) is 6.42 Å². The standard InChI is InChI=1S/C16H21N3O5/c1-4-8-12(16(21)24-5-2)11(3)17-18-15(20)13-9-6-7-10-14(13)19(22)23/h6-7,9-10,12H,4-5,8H2,1-3H3,(H,18,20)/b17-11-/t12-/m0/s1. The quantitative estimate of drug-likeness (QED) is 0.340. The van der Waals surface area contributed by atoms with E-state index < -0.39 is 22.7 Å². The molecule has 0 unspecified atom stereocenters. The van der Waals surface area contributed by atoms with Gasteiger partial charge in [0, 0.05) is 11.8 Å². The van der Waals surface area contributed by atoms with Crippen LogP contribution >= 0.6 is 0 Å². The highest BCUT2D eigenvalue weighted by molar-refractivity contribution is 6.03. The van der Waals surface area contributed by atoms with Crippen molar-refractivity contribution in [3.8, 4) is 0 Å². The molecule has 0 saturated heterocycles. The van der Waals surface area contributed by atoms with E-state index in [-0.39, 0.29) is 17.9 Å². The number of nitro benzene ring substituents is 1. The lowest BCUT2D eigenvalue weighted by atomic mass is 9.99. The van der Waals surface area contributed by atoms with Crippen LogP contribution in [0.25, 0.3) is 0 Å². The van der Waals surface area contributed by atoms with Crippen molar-refractivity contribution in [1.29, 1.82) is 0 Å². The van der Waals surface area contributed by atoms with Crippen LogP contribution in [0.5, 0.6) is 0 Å². The Balaban J connectivity index is 2.91. The van der Waals surface area contributed by atoms with E-state index in [4.69, 9.17) is 4.74 Å². The molecule has 8 nitrogen and oxygen atoms in total. The Morgan fingerprint density at radius 3 is 2.58 bits per heavy atom. The van der Waals surface area contributed by atoms with Gasteiger partial charge < -0.3 is 4.74 Å². The average Bonchev–Trinajstić information content (AvgIpc) is 2.57. The second-order valence-corrected chi connectivity index (χ2v) is 5.06. The summed E-state index contributed by atoms with van der Waals surface area (Å²) < 4.78 is 5.00. The van der Waals surface area contributed by atoms with Crippen molar-refractivity contribution in [3.63, 3.8) is 0 Å². The number of hydrogen-bond donors (Lipinski definition) is 1. The summed E-state index contributed by atoms with van der Waals surface area (Å²) in [6.45, 7) is 5.50. The first-order valence-corrected chi connectivity index (χ1v) is 7.66. The van der Waals surface area contributed by atoms with Gasteiger partial charge in [-0.3, -0.25) is 19.7 Å². The third-order valence-corrected chi connectivity index (χ3v) is 3.33. The van der Waals surface area contributed by atoms with Crippen LogP contribution in [0.4, 0.5) is 5.69 Å². The number of ether oxygens (including phenoxy) is 1. The van der Waals surface area contributed by atoms with Crippen LogP contribution in [0, 0.1) is 16.0 Å². The predicted molar refractivity (Wildman–Crippen MR) is 88.7 cm³/mol. The van der Waals surface area contributed by atoms with Crippen molar-refractivity contribution in [3.05, 3.63) is 39.9 Å². The van der Waals surface area contributed by atoms with Crippen molar-refractivity contribution in [2.45, 2.75) is 33.6 Å². The zero-order chi connectivity index (χ0) is 18.1. The Morgan fingerprint density at radius 2 is 2.00 bits per heavy atom. The van der Waals surface area contributed by atoms with Crippen LogP contribution in [0.1, 0.15) is 44.0 Å². The Morgan fingerprint density at radius 1 is 1.33 bits per heavy atom. The fraction of sp³-hybridized carbons (Fsp3) is 0.438. The number of carbonyl (C=O) groups is 2. The lowest BCUT2D eigenvalue weighted by molar-refractivity contribution is -0.385. The van der Waals surface area contributed by atoms with Crippen LogP contribution in [0.2, 0.25) is 0 Å². The number of hydrazone groups is 1. The first kappa shape index (κ1) is 19.3. The van der Waals surface area contributed by atoms with E-state index in [1.807, 2.05) is 6.92 Å². The van der Waals surface area contributed by atoms with Crippen molar-refractivity contribution in [2.24, 2.45) is 11.0 Å². The monoisotopic (exact) mass is 335 g/mol. The lowest BCUT2D eigenvalue weighted by Gasteiger charge is -2.14. The SMILES string of the molecule is CCC[C@H](C(=O)OCC)/C(C)=N\NC(=O)c1ccccc1[N+](=O)[O-]. The van der Waals surface area contributed by atoms with Crippen molar-refractivity contribution < 1.29 is 19.2 Å². The molecule has 0 aliphatic rings. The van der Waals surface area contributed by atoms with Gasteiger partial charge in [-0.15, -0.1) is 0 Å². The fourth-order valence-corrected chi connectivity index (χ4v) is 2.13. The Bertz CT molecular complexity index is 642. The second-order valence-electron chi connectivity index (χ2n) is 5.06. The molecular weight excluding hydrogens is 314 g/mol. The summed E-state index contributed by atoms with van der Waals surface area (Å²) in [4.78, 5) is 34.4. The number of nitro groups is 1. The third kappa shape index (κ3) is 5.15. The minimum absolute atomic E-state index is 0.0952. The molecule has 0 spiro atoms. The minimum atomic E-state index is -0.708. The number of hydrogen-bond acceptors (Lipinski definition) is 6. The van der Waals surface area contributed by atoms with Crippen LogP contribution in [0.3, 0.4) is 0 Å². The second kappa shape index (κ2) is 9.39. The van der Waals surface area contributed by atoms with E-state index in [9.17, 15) is 19.7 Å². The van der Waals surface area contributed by atoms with Gasteiger partial charge in [0.2, 0.25) is 0 Å². The molecule has 0 saturated carbocycles. The zero-order valence-electron chi connectivity index (χ0n) is 13.9. The summed E-state index contributed by atoms with van der Waals surface area (Å²) in [5.41, 5.74) is 2.26. The van der Waals surface area contributed by atoms with Gasteiger partial charge in [0.1, 0.15) is 5.56 Å². The number of benzene rings is 1. The maximum absolute atomic E-state index is 12.1. The molecule has 8 heteroatoms. The molecule has 1 N–H and O–H groups in total. The molecule has 24 heavy (non-hydrogen) atoms. The van der Waals surface area contributed by atoms with Gasteiger partial charge in [-0.25, -0.2) is 5.43 Å². The predicted octanol–water partition coefficient (Wildman–Crippen LogP) is 2.68. The molecular formula is C16H21N3O5. The van der Waals surface area contributed by atoms with Gasteiger partial charge in [0.25, 0.3) is 11.6 Å². The summed E-state index contributed by atoms with van der Waals surface area (Å²) in [6, 6.07) is 5.58. The summed E-state index contributed by atoms with van der Waals surface area (Å²) >= 11 is 0. The van der Waals surface area contributed by atoms with Crippen LogP contribution in [-0.4, -0.2) is 29.1 Å². The summed E-state index contributed by atoms with van der Waals surface area (Å²) in [6.07, 6.45) is 1.28. The number of nitrogens with one attached hydrogen (secondary N) is 1. The summed E-state index contributed by atoms with van der Waals surface area (Å²) in [5.74, 6) is -1.66. The van der Waals surface area contributed by atoms with E-state index >= 15 is 0 Å². The molecule has 130 valence electrons. The first-order chi connectivity index (χ1) is 11.4. The molecule has 1 rings (SSSR count). The molecule has 0 aromatic heterocycles. The normalized spacial score (nSPS) is 12.4. The fourth-order valence-electron chi connectivity index (χ4n) is 2.13. The highest BCUT2D eigenvalue weighted by atomic mass is 16.6. The van der Waals surface area contributed by atoms with E-state index in [1.165, 1.54) is 24.3 Å². The van der Waals surface area contributed by atoms with Crippen molar-refractivity contribution >= 4 is 23.3 Å². The Hall–Kier alpha value is -2.77. The highest BCUT2D eigenvalue weighted by Crippen LogP contribution is 2.17. The molecule has 1 aromatic carbocycles. The number of esters is 1. The molecule has 1 atom stereocenters. The van der Waals surface area contributed by atoms with Gasteiger partial charge in [0.15, 0.2) is 0 Å².